The smallest absolute Gasteiger partial charge is 0.421 e. The Morgan fingerprint density at radius 3 is 2.29 bits per heavy atom. The molecule has 3 nitrogen and oxygen atoms in total. The fourth-order valence-electron chi connectivity index (χ4n) is 1.51. The van der Waals surface area contributed by atoms with E-state index in [1.54, 1.807) is 0 Å². The third kappa shape index (κ3) is 2.04. The highest BCUT2D eigenvalue weighted by atomic mass is 19.4. The minimum Gasteiger partial charge on any atom is -0.486 e. The predicted molar refractivity (Wildman–Crippen MR) is 53.1 cm³/mol. The Labute approximate surface area is 95.8 Å². The first kappa shape index (κ1) is 12.0. The zero-order valence-electron chi connectivity index (χ0n) is 9.04. The van der Waals surface area contributed by atoms with E-state index in [0.717, 1.165) is 6.07 Å². The number of benzene rings is 1. The van der Waals surface area contributed by atoms with Gasteiger partial charge in [0.05, 0.1) is 0 Å². The van der Waals surface area contributed by atoms with Crippen molar-refractivity contribution in [2.45, 2.75) is 18.7 Å². The molecule has 0 radical (unpaired) electrons. The lowest BCUT2D eigenvalue weighted by Crippen LogP contribution is -2.39. The van der Waals surface area contributed by atoms with Gasteiger partial charge in [0.1, 0.15) is 13.2 Å². The van der Waals surface area contributed by atoms with Crippen molar-refractivity contribution >= 4 is 0 Å². The first-order chi connectivity index (χ1) is 7.82. The van der Waals surface area contributed by atoms with Crippen LogP contribution in [-0.2, 0) is 5.60 Å². The number of aliphatic hydroxyl groups is 1. The van der Waals surface area contributed by atoms with Crippen molar-refractivity contribution in [1.29, 1.82) is 0 Å². The predicted octanol–water partition coefficient (Wildman–Crippen LogP) is 2.23. The zero-order valence-corrected chi connectivity index (χ0v) is 9.04. The maximum Gasteiger partial charge on any atom is 0.421 e. The largest absolute Gasteiger partial charge is 0.486 e. The van der Waals surface area contributed by atoms with E-state index in [1.165, 1.54) is 12.1 Å². The average molecular weight is 248 g/mol. The Kier molecular flexibility index (Phi) is 2.69. The summed E-state index contributed by atoms with van der Waals surface area (Å²) in [6.45, 7) is 1.35. The molecule has 0 amide bonds. The van der Waals surface area contributed by atoms with Crippen molar-refractivity contribution in [3.8, 4) is 11.5 Å². The number of hydrogen-bond acceptors (Lipinski definition) is 3. The van der Waals surface area contributed by atoms with E-state index in [9.17, 15) is 18.3 Å². The number of ether oxygens (including phenoxy) is 2. The summed E-state index contributed by atoms with van der Waals surface area (Å²) in [5.41, 5.74) is -3.17. The minimum absolute atomic E-state index is 0.221. The molecule has 0 saturated heterocycles. The first-order valence-electron chi connectivity index (χ1n) is 5.01. The molecule has 1 heterocycles. The molecule has 1 aromatic carbocycles. The Bertz CT molecular complexity index is 426. The summed E-state index contributed by atoms with van der Waals surface area (Å²) in [5, 5.41) is 9.50. The molecule has 0 aliphatic carbocycles. The van der Waals surface area contributed by atoms with Gasteiger partial charge >= 0.3 is 6.18 Å². The zero-order chi connectivity index (χ0) is 12.7. The van der Waals surface area contributed by atoms with Crippen LogP contribution in [0.3, 0.4) is 0 Å². The van der Waals surface area contributed by atoms with Crippen LogP contribution < -0.4 is 9.47 Å². The quantitative estimate of drug-likeness (QED) is 0.828. The van der Waals surface area contributed by atoms with Crippen LogP contribution in [0.25, 0.3) is 0 Å². The van der Waals surface area contributed by atoms with Gasteiger partial charge in [-0.3, -0.25) is 0 Å². The summed E-state index contributed by atoms with van der Waals surface area (Å²) in [4.78, 5) is 0. The molecule has 0 bridgehead atoms. The van der Waals surface area contributed by atoms with Gasteiger partial charge in [-0.05, 0) is 24.6 Å². The molecule has 94 valence electrons. The van der Waals surface area contributed by atoms with Crippen LogP contribution in [0.4, 0.5) is 13.2 Å². The minimum atomic E-state index is -4.74. The van der Waals surface area contributed by atoms with Crippen LogP contribution in [-0.4, -0.2) is 24.5 Å². The second kappa shape index (κ2) is 3.80. The molecule has 17 heavy (non-hydrogen) atoms. The maximum atomic E-state index is 12.6. The summed E-state index contributed by atoms with van der Waals surface area (Å²) < 4.78 is 48.2. The first-order valence-corrected chi connectivity index (χ1v) is 5.01. The van der Waals surface area contributed by atoms with E-state index in [2.05, 4.69) is 0 Å². The molecule has 1 aliphatic heterocycles. The molecule has 1 N–H and O–H groups in total. The highest BCUT2D eigenvalue weighted by molar-refractivity contribution is 5.45. The van der Waals surface area contributed by atoms with Crippen molar-refractivity contribution in [3.63, 3.8) is 0 Å². The summed E-state index contributed by atoms with van der Waals surface area (Å²) in [6, 6.07) is 3.70. The van der Waals surface area contributed by atoms with Crippen LogP contribution in [0, 0.1) is 0 Å². The van der Waals surface area contributed by atoms with E-state index in [1.807, 2.05) is 0 Å². The SMILES string of the molecule is CC(O)(c1ccc2c(c1)OCCO2)C(F)(F)F. The standard InChI is InChI=1S/C11H11F3O3/c1-10(15,11(12,13)14)7-2-3-8-9(6-7)17-5-4-16-8/h2-3,6,15H,4-5H2,1H3. The number of halogens is 3. The highest BCUT2D eigenvalue weighted by Crippen LogP contribution is 2.41. The second-order valence-corrected chi connectivity index (χ2v) is 3.93. The highest BCUT2D eigenvalue weighted by Gasteiger charge is 2.51. The molecule has 6 heteroatoms. The van der Waals surface area contributed by atoms with Gasteiger partial charge in [-0.15, -0.1) is 0 Å². The van der Waals surface area contributed by atoms with Crippen molar-refractivity contribution in [1.82, 2.24) is 0 Å². The van der Waals surface area contributed by atoms with E-state index in [4.69, 9.17) is 9.47 Å². The fraction of sp³-hybridized carbons (Fsp3) is 0.455. The van der Waals surface area contributed by atoms with Gasteiger partial charge in [-0.25, -0.2) is 0 Å². The van der Waals surface area contributed by atoms with E-state index in [0.29, 0.717) is 19.3 Å². The van der Waals surface area contributed by atoms with Gasteiger partial charge in [0.2, 0.25) is 0 Å². The number of hydrogen-bond donors (Lipinski definition) is 1. The Morgan fingerprint density at radius 2 is 1.71 bits per heavy atom. The Balaban J connectivity index is 2.40. The van der Waals surface area contributed by atoms with Crippen molar-refractivity contribution in [2.75, 3.05) is 13.2 Å². The molecule has 1 aromatic rings. The lowest BCUT2D eigenvalue weighted by atomic mass is 9.95. The lowest BCUT2D eigenvalue weighted by Gasteiger charge is -2.28. The number of alkyl halides is 3. The lowest BCUT2D eigenvalue weighted by molar-refractivity contribution is -0.258. The van der Waals surface area contributed by atoms with E-state index >= 15 is 0 Å². The van der Waals surface area contributed by atoms with Gasteiger partial charge in [0, 0.05) is 0 Å². The van der Waals surface area contributed by atoms with Crippen molar-refractivity contribution in [3.05, 3.63) is 23.8 Å². The summed E-state index contributed by atoms with van der Waals surface area (Å²) in [6.07, 6.45) is -4.74. The van der Waals surface area contributed by atoms with Crippen LogP contribution >= 0.6 is 0 Å². The second-order valence-electron chi connectivity index (χ2n) is 3.93. The molecule has 1 aliphatic rings. The molecule has 0 aromatic heterocycles. The Hall–Kier alpha value is -1.43. The molecule has 1 atom stereocenters. The molecule has 0 fully saturated rings. The average Bonchev–Trinajstić information content (AvgIpc) is 2.27. The van der Waals surface area contributed by atoms with Gasteiger partial charge in [-0.1, -0.05) is 6.07 Å². The normalized spacial score (nSPS) is 18.6. The summed E-state index contributed by atoms with van der Waals surface area (Å²) in [7, 11) is 0. The van der Waals surface area contributed by atoms with Gasteiger partial charge in [0.25, 0.3) is 0 Å². The van der Waals surface area contributed by atoms with Crippen LogP contribution in [0.5, 0.6) is 11.5 Å². The third-order valence-corrected chi connectivity index (χ3v) is 2.66. The van der Waals surface area contributed by atoms with Crippen LogP contribution in [0.1, 0.15) is 12.5 Å². The summed E-state index contributed by atoms with van der Waals surface area (Å²) in [5.74, 6) is 0.608. The summed E-state index contributed by atoms with van der Waals surface area (Å²) >= 11 is 0. The van der Waals surface area contributed by atoms with Crippen LogP contribution in [0.15, 0.2) is 18.2 Å². The van der Waals surface area contributed by atoms with E-state index in [-0.39, 0.29) is 17.9 Å². The molecule has 0 saturated carbocycles. The number of rotatable bonds is 1. The number of fused-ring (bicyclic) bond motifs is 1. The van der Waals surface area contributed by atoms with Crippen LogP contribution in [0.2, 0.25) is 0 Å². The van der Waals surface area contributed by atoms with Gasteiger partial charge in [-0.2, -0.15) is 13.2 Å². The molecule has 1 unspecified atom stereocenters. The fourth-order valence-corrected chi connectivity index (χ4v) is 1.51. The Morgan fingerprint density at radius 1 is 1.12 bits per heavy atom. The van der Waals surface area contributed by atoms with Gasteiger partial charge in [0.15, 0.2) is 17.1 Å². The molecule has 0 spiro atoms. The maximum absolute atomic E-state index is 12.6. The molecular weight excluding hydrogens is 237 g/mol. The molecular formula is C11H11F3O3. The topological polar surface area (TPSA) is 38.7 Å². The van der Waals surface area contributed by atoms with Crippen molar-refractivity contribution < 1.29 is 27.8 Å². The monoisotopic (exact) mass is 248 g/mol. The van der Waals surface area contributed by atoms with Gasteiger partial charge < -0.3 is 14.6 Å². The third-order valence-electron chi connectivity index (χ3n) is 2.66. The molecule has 2 rings (SSSR count). The van der Waals surface area contributed by atoms with E-state index < -0.39 is 11.8 Å². The van der Waals surface area contributed by atoms with Crippen molar-refractivity contribution in [2.24, 2.45) is 0 Å².